The van der Waals surface area contributed by atoms with Crippen molar-refractivity contribution in [2.24, 2.45) is 0 Å². The van der Waals surface area contributed by atoms with E-state index in [4.69, 9.17) is 5.73 Å². The van der Waals surface area contributed by atoms with Gasteiger partial charge in [-0.25, -0.2) is 14.2 Å². The van der Waals surface area contributed by atoms with E-state index in [0.717, 1.165) is 18.4 Å². The van der Waals surface area contributed by atoms with Gasteiger partial charge in [0.05, 0.1) is 18.2 Å². The van der Waals surface area contributed by atoms with Gasteiger partial charge in [-0.1, -0.05) is 24.3 Å². The summed E-state index contributed by atoms with van der Waals surface area (Å²) in [5, 5.41) is 18.9. The molecule has 0 spiro atoms. The fraction of sp³-hybridized carbons (Fsp3) is 0.261. The van der Waals surface area contributed by atoms with Crippen LogP contribution in [0.2, 0.25) is 0 Å². The van der Waals surface area contributed by atoms with E-state index in [-0.39, 0.29) is 42.4 Å². The van der Waals surface area contributed by atoms with Gasteiger partial charge in [0, 0.05) is 24.2 Å². The highest BCUT2D eigenvalue weighted by Crippen LogP contribution is 2.29. The van der Waals surface area contributed by atoms with Gasteiger partial charge < -0.3 is 26.8 Å². The van der Waals surface area contributed by atoms with Crippen molar-refractivity contribution in [2.75, 3.05) is 18.9 Å². The van der Waals surface area contributed by atoms with Crippen molar-refractivity contribution in [2.45, 2.75) is 24.9 Å². The van der Waals surface area contributed by atoms with E-state index in [1.165, 1.54) is 18.3 Å². The number of anilines is 1. The third-order valence-electron chi connectivity index (χ3n) is 5.30. The minimum Gasteiger partial charge on any atom is -0.394 e. The first-order valence-corrected chi connectivity index (χ1v) is 10.3. The van der Waals surface area contributed by atoms with E-state index >= 15 is 0 Å². The number of fused-ring (bicyclic) bond motifs is 1. The van der Waals surface area contributed by atoms with Crippen LogP contribution in [0.3, 0.4) is 0 Å². The Labute approximate surface area is 184 Å². The van der Waals surface area contributed by atoms with Crippen LogP contribution < -0.4 is 21.7 Å². The number of rotatable bonds is 7. The molecule has 3 aromatic rings. The number of halogens is 1. The number of amides is 3. The molecule has 9 heteroatoms. The predicted molar refractivity (Wildman–Crippen MR) is 119 cm³/mol. The molecule has 0 bridgehead atoms. The standard InChI is InChI=1S/C23H24FN5O3/c24-15-3-1-2-13(8-15)14-4-7-18-19(9-14)21(25)26-11-20(18)22(31)28-17(12-30)10-27-23(32)29-16-5-6-16/h1-4,7-9,11,16-17,30H,5-6,10,12H2,(H2,25,26)(H,28,31)(H2,27,29,32). The zero-order valence-electron chi connectivity index (χ0n) is 17.3. The molecule has 0 aliphatic heterocycles. The maximum Gasteiger partial charge on any atom is 0.315 e. The third kappa shape index (κ3) is 4.94. The Kier molecular flexibility index (Phi) is 6.18. The number of hydrogen-bond acceptors (Lipinski definition) is 5. The van der Waals surface area contributed by atoms with Crippen molar-refractivity contribution in [1.29, 1.82) is 0 Å². The number of carbonyl (C=O) groups is 2. The lowest BCUT2D eigenvalue weighted by Gasteiger charge is -2.18. The number of urea groups is 1. The number of pyridine rings is 1. The minimum atomic E-state index is -0.674. The van der Waals surface area contributed by atoms with Gasteiger partial charge in [0.25, 0.3) is 5.91 Å². The molecule has 0 radical (unpaired) electrons. The highest BCUT2D eigenvalue weighted by molar-refractivity contribution is 6.10. The van der Waals surface area contributed by atoms with Crippen LogP contribution in [0.25, 0.3) is 21.9 Å². The first kappa shape index (κ1) is 21.5. The van der Waals surface area contributed by atoms with Gasteiger partial charge >= 0.3 is 6.03 Å². The van der Waals surface area contributed by atoms with Gasteiger partial charge in [0.15, 0.2) is 0 Å². The average Bonchev–Trinajstić information content (AvgIpc) is 3.60. The number of nitrogen functional groups attached to an aromatic ring is 1. The lowest BCUT2D eigenvalue weighted by molar-refractivity contribution is 0.0917. The molecule has 1 aliphatic rings. The van der Waals surface area contributed by atoms with E-state index in [1.54, 1.807) is 30.3 Å². The van der Waals surface area contributed by atoms with Crippen LogP contribution in [0.4, 0.5) is 15.0 Å². The summed E-state index contributed by atoms with van der Waals surface area (Å²) in [7, 11) is 0. The molecule has 1 fully saturated rings. The number of nitrogens with zero attached hydrogens (tertiary/aromatic N) is 1. The Morgan fingerprint density at radius 2 is 1.94 bits per heavy atom. The quantitative estimate of drug-likeness (QED) is 0.387. The topological polar surface area (TPSA) is 129 Å². The molecule has 1 atom stereocenters. The molecule has 6 N–H and O–H groups in total. The molecule has 1 unspecified atom stereocenters. The lowest BCUT2D eigenvalue weighted by atomic mass is 9.99. The molecule has 3 amide bonds. The van der Waals surface area contributed by atoms with Gasteiger partial charge in [-0.3, -0.25) is 4.79 Å². The fourth-order valence-electron chi connectivity index (χ4n) is 3.40. The van der Waals surface area contributed by atoms with Gasteiger partial charge in [-0.15, -0.1) is 0 Å². The van der Waals surface area contributed by atoms with Crippen molar-refractivity contribution in [1.82, 2.24) is 20.9 Å². The number of aliphatic hydroxyl groups excluding tert-OH is 1. The molecule has 4 rings (SSSR count). The number of nitrogens with two attached hydrogens (primary N) is 1. The number of carbonyl (C=O) groups excluding carboxylic acids is 2. The average molecular weight is 437 g/mol. The molecule has 0 saturated heterocycles. The fourth-order valence-corrected chi connectivity index (χ4v) is 3.40. The highest BCUT2D eigenvalue weighted by atomic mass is 19.1. The maximum absolute atomic E-state index is 13.6. The third-order valence-corrected chi connectivity index (χ3v) is 5.30. The summed E-state index contributed by atoms with van der Waals surface area (Å²) in [5.41, 5.74) is 7.74. The molecule has 166 valence electrons. The van der Waals surface area contributed by atoms with Gasteiger partial charge in [0.2, 0.25) is 0 Å². The second kappa shape index (κ2) is 9.19. The summed E-state index contributed by atoms with van der Waals surface area (Å²) in [6.07, 6.45) is 3.30. The van der Waals surface area contributed by atoms with Gasteiger partial charge in [-0.2, -0.15) is 0 Å². The summed E-state index contributed by atoms with van der Waals surface area (Å²) in [4.78, 5) is 28.8. The molecule has 1 heterocycles. The molecule has 1 aliphatic carbocycles. The van der Waals surface area contributed by atoms with Crippen LogP contribution in [-0.4, -0.2) is 47.3 Å². The smallest absolute Gasteiger partial charge is 0.315 e. The molecule has 8 nitrogen and oxygen atoms in total. The predicted octanol–water partition coefficient (Wildman–Crippen LogP) is 2.18. The molecule has 1 saturated carbocycles. The second-order valence-electron chi connectivity index (χ2n) is 7.81. The zero-order valence-corrected chi connectivity index (χ0v) is 17.3. The summed E-state index contributed by atoms with van der Waals surface area (Å²) in [6, 6.07) is 10.7. The number of hydrogen-bond donors (Lipinski definition) is 5. The maximum atomic E-state index is 13.6. The monoisotopic (exact) mass is 437 g/mol. The van der Waals surface area contributed by atoms with Crippen molar-refractivity contribution in [3.63, 3.8) is 0 Å². The van der Waals surface area contributed by atoms with E-state index in [1.807, 2.05) is 0 Å². The van der Waals surface area contributed by atoms with Gasteiger partial charge in [0.1, 0.15) is 11.6 Å². The lowest BCUT2D eigenvalue weighted by Crippen LogP contribution is -2.48. The first-order valence-electron chi connectivity index (χ1n) is 10.3. The summed E-state index contributed by atoms with van der Waals surface area (Å²) in [6.45, 7) is -0.273. The van der Waals surface area contributed by atoms with E-state index in [9.17, 15) is 19.1 Å². The summed E-state index contributed by atoms with van der Waals surface area (Å²) < 4.78 is 13.6. The van der Waals surface area contributed by atoms with Crippen LogP contribution in [0.5, 0.6) is 0 Å². The Balaban J connectivity index is 1.53. The SMILES string of the molecule is Nc1ncc(C(=O)NC(CO)CNC(=O)NC2CC2)c2ccc(-c3cccc(F)c3)cc12. The molecule has 1 aromatic heterocycles. The second-order valence-corrected chi connectivity index (χ2v) is 7.81. The Hall–Kier alpha value is -3.72. The molecular formula is C23H24FN5O3. The van der Waals surface area contributed by atoms with Crippen molar-refractivity contribution < 1.29 is 19.1 Å². The first-order chi connectivity index (χ1) is 15.4. The van der Waals surface area contributed by atoms with E-state index < -0.39 is 11.9 Å². The number of benzene rings is 2. The van der Waals surface area contributed by atoms with Crippen LogP contribution >= 0.6 is 0 Å². The normalized spacial score (nSPS) is 14.1. The largest absolute Gasteiger partial charge is 0.394 e. The molecule has 2 aromatic carbocycles. The Morgan fingerprint density at radius 1 is 1.16 bits per heavy atom. The highest BCUT2D eigenvalue weighted by Gasteiger charge is 2.24. The van der Waals surface area contributed by atoms with Crippen molar-refractivity contribution in [3.8, 4) is 11.1 Å². The van der Waals surface area contributed by atoms with E-state index in [0.29, 0.717) is 16.3 Å². The van der Waals surface area contributed by atoms with E-state index in [2.05, 4.69) is 20.9 Å². The van der Waals surface area contributed by atoms with Crippen LogP contribution in [0.1, 0.15) is 23.2 Å². The van der Waals surface area contributed by atoms with Crippen molar-refractivity contribution in [3.05, 3.63) is 60.0 Å². The van der Waals surface area contributed by atoms with Crippen LogP contribution in [0, 0.1) is 5.82 Å². The number of aliphatic hydroxyl groups is 1. The molecule has 32 heavy (non-hydrogen) atoms. The zero-order chi connectivity index (χ0) is 22.7. The number of aromatic nitrogens is 1. The van der Waals surface area contributed by atoms with Crippen molar-refractivity contribution >= 4 is 28.5 Å². The Morgan fingerprint density at radius 3 is 2.66 bits per heavy atom. The van der Waals surface area contributed by atoms with Crippen LogP contribution in [0.15, 0.2) is 48.7 Å². The van der Waals surface area contributed by atoms with Gasteiger partial charge in [-0.05, 0) is 47.6 Å². The number of nitrogens with one attached hydrogen (secondary N) is 3. The summed E-state index contributed by atoms with van der Waals surface area (Å²) in [5.74, 6) is -0.562. The Bertz CT molecular complexity index is 1170. The minimum absolute atomic E-state index is 0.0743. The van der Waals surface area contributed by atoms with Crippen LogP contribution in [-0.2, 0) is 0 Å². The molecular weight excluding hydrogens is 413 g/mol. The summed E-state index contributed by atoms with van der Waals surface area (Å²) >= 11 is 0.